The number of para-hydroxylation sites is 9. The maximum Gasteiger partial charge on any atom is 0.231 e. The first-order chi connectivity index (χ1) is 63.9. The molecular formula is C114H59N7O7S. The van der Waals surface area contributed by atoms with E-state index in [4.69, 9.17) is 60.8 Å². The maximum atomic E-state index is 7.43. The highest BCUT2D eigenvalue weighted by Gasteiger charge is 2.31. The zero-order valence-electron chi connectivity index (χ0n) is 68.0. The number of hydrogen-bond acceptors (Lipinski definition) is 14. The van der Waals surface area contributed by atoms with Gasteiger partial charge in [0.15, 0.2) is 17.5 Å². The summed E-state index contributed by atoms with van der Waals surface area (Å²) in [6.45, 7) is 0. The molecule has 17 aromatic carbocycles. The standard InChI is InChI=1S/C114H59N7O7S/c1-3-22-60(23-4-1)61-51-55-87-86(56-61)96-80(37-21-43-88(96)121(87)65-24-5-2-6-25-65)109-115-101(97-77-29-9-13-46-91(77)125-112(97)118-109)82-39-17-35-75-74-34-15-30-66(103(74)128-105(75)82)64-50-54-79-94(59-64)127-113-98(79)100(116-110(119-113)84-41-18-32-71-67-26-7-11-44-89(67)122-106(71)84)81-38-16-31-73-69-52-48-62(57-92(69)124-104(73)81)63-49-53-78-93(58-63)126-114-99(78)102(83-40-20-36-76-70-28-10-14-47-95(70)129-108(76)83)117-111(120-114)85-42-19-33-72-68-27-8-12-45-90(68)123-107(72)85/h1-59H. The molecule has 0 bridgehead atoms. The summed E-state index contributed by atoms with van der Waals surface area (Å²) in [5.41, 5.74) is 25.0. The number of furan rings is 7. The first-order valence-electron chi connectivity index (χ1n) is 42.9. The van der Waals surface area contributed by atoms with E-state index < -0.39 is 0 Å². The van der Waals surface area contributed by atoms with Crippen molar-refractivity contribution in [2.24, 2.45) is 0 Å². The molecule has 14 nitrogen and oxygen atoms in total. The van der Waals surface area contributed by atoms with Crippen molar-refractivity contribution >= 4 is 207 Å². The Labute approximate surface area is 732 Å². The second-order valence-electron chi connectivity index (χ2n) is 33.2. The van der Waals surface area contributed by atoms with Crippen molar-refractivity contribution in [3.05, 3.63) is 358 Å². The summed E-state index contributed by atoms with van der Waals surface area (Å²) >= 11 is 1.77. The highest BCUT2D eigenvalue weighted by molar-refractivity contribution is 7.26. The van der Waals surface area contributed by atoms with E-state index in [1.165, 1.54) is 15.5 Å². The van der Waals surface area contributed by atoms with Gasteiger partial charge in [-0.2, -0.15) is 15.0 Å². The smallest absolute Gasteiger partial charge is 0.231 e. The van der Waals surface area contributed by atoms with Gasteiger partial charge < -0.3 is 35.5 Å². The average molecular weight is 1670 g/mol. The molecule has 0 saturated carbocycles. The fraction of sp³-hybridized carbons (Fsp3) is 0. The summed E-state index contributed by atoms with van der Waals surface area (Å²) in [4.78, 5) is 33.0. The van der Waals surface area contributed by atoms with E-state index in [1.807, 2.05) is 78.9 Å². The lowest BCUT2D eigenvalue weighted by atomic mass is 9.98. The fourth-order valence-corrected chi connectivity index (χ4v) is 21.6. The lowest BCUT2D eigenvalue weighted by Crippen LogP contribution is -1.96. The predicted molar refractivity (Wildman–Crippen MR) is 520 cm³/mol. The van der Waals surface area contributed by atoms with Crippen LogP contribution in [0.25, 0.3) is 303 Å². The third-order valence-corrected chi connectivity index (χ3v) is 27.4. The van der Waals surface area contributed by atoms with Gasteiger partial charge in [0.2, 0.25) is 17.1 Å². The number of thiophene rings is 1. The van der Waals surface area contributed by atoms with E-state index in [0.717, 1.165) is 186 Å². The van der Waals surface area contributed by atoms with E-state index in [2.05, 4.69) is 284 Å². The molecule has 0 fully saturated rings. The fourth-order valence-electron chi connectivity index (χ4n) is 20.4. The van der Waals surface area contributed by atoms with E-state index in [0.29, 0.717) is 102 Å². The van der Waals surface area contributed by atoms with Crippen LogP contribution in [-0.2, 0) is 0 Å². The number of benzene rings is 17. The first-order valence-corrected chi connectivity index (χ1v) is 43.7. The molecule has 12 aromatic heterocycles. The van der Waals surface area contributed by atoms with Crippen LogP contribution in [0.15, 0.2) is 389 Å². The largest absolute Gasteiger partial charge is 0.455 e. The Kier molecular flexibility index (Phi) is 14.4. The van der Waals surface area contributed by atoms with Crippen molar-refractivity contribution < 1.29 is 30.9 Å². The molecule has 29 rings (SSSR count). The van der Waals surface area contributed by atoms with Crippen LogP contribution in [0.4, 0.5) is 0 Å². The van der Waals surface area contributed by atoms with Crippen LogP contribution in [0, 0.1) is 0 Å². The highest BCUT2D eigenvalue weighted by Crippen LogP contribution is 2.52. The van der Waals surface area contributed by atoms with E-state index in [9.17, 15) is 0 Å². The molecule has 29 aromatic rings. The minimum Gasteiger partial charge on any atom is -0.455 e. The van der Waals surface area contributed by atoms with Crippen LogP contribution >= 0.6 is 11.3 Å². The van der Waals surface area contributed by atoms with Gasteiger partial charge >= 0.3 is 0 Å². The van der Waals surface area contributed by atoms with Crippen LogP contribution in [0.5, 0.6) is 0 Å². The molecule has 0 amide bonds. The van der Waals surface area contributed by atoms with Gasteiger partial charge in [0.05, 0.1) is 55.4 Å². The Morgan fingerprint density at radius 1 is 0.202 bits per heavy atom. The summed E-state index contributed by atoms with van der Waals surface area (Å²) in [7, 11) is 0. The zero-order chi connectivity index (χ0) is 84.0. The van der Waals surface area contributed by atoms with Crippen molar-refractivity contribution in [1.29, 1.82) is 0 Å². The molecule has 598 valence electrons. The minimum absolute atomic E-state index is 0.394. The molecular weight excluding hydrogens is 1610 g/mol. The number of fused-ring (bicyclic) bond motifs is 27. The first kappa shape index (κ1) is 70.0. The van der Waals surface area contributed by atoms with Crippen molar-refractivity contribution in [3.8, 4) is 107 Å². The van der Waals surface area contributed by atoms with Crippen LogP contribution in [0.2, 0.25) is 0 Å². The summed E-state index contributed by atoms with van der Waals surface area (Å²) in [5.74, 6) is 1.45. The Bertz CT molecular complexity index is 9950. The predicted octanol–water partition coefficient (Wildman–Crippen LogP) is 31.8. The lowest BCUT2D eigenvalue weighted by molar-refractivity contribution is 0.652. The van der Waals surface area contributed by atoms with Gasteiger partial charge in [-0.1, -0.05) is 243 Å². The summed E-state index contributed by atoms with van der Waals surface area (Å²) < 4.78 is 53.8. The number of rotatable bonds is 10. The molecule has 0 radical (unpaired) electrons. The third kappa shape index (κ3) is 10.3. The number of hydrogen-bond donors (Lipinski definition) is 0. The van der Waals surface area contributed by atoms with Gasteiger partial charge in [-0.25, -0.2) is 15.0 Å². The minimum atomic E-state index is 0.394. The topological polar surface area (TPSA) is 174 Å². The molecule has 0 unspecified atom stereocenters. The molecule has 129 heavy (non-hydrogen) atoms. The maximum absolute atomic E-state index is 7.43. The van der Waals surface area contributed by atoms with Crippen LogP contribution in [0.3, 0.4) is 0 Å². The molecule has 0 aliphatic carbocycles. The van der Waals surface area contributed by atoms with Crippen LogP contribution in [-0.4, -0.2) is 34.5 Å². The second kappa shape index (κ2) is 26.6. The zero-order valence-corrected chi connectivity index (χ0v) is 68.8. The van der Waals surface area contributed by atoms with Gasteiger partial charge in [-0.3, -0.25) is 0 Å². The number of nitrogens with zero attached hydrogens (tertiary/aromatic N) is 7. The monoisotopic (exact) mass is 1670 g/mol. The third-order valence-electron chi connectivity index (χ3n) is 26.2. The molecule has 15 heteroatoms. The van der Waals surface area contributed by atoms with E-state index >= 15 is 0 Å². The molecule has 0 aliphatic heterocycles. The van der Waals surface area contributed by atoms with Crippen molar-refractivity contribution in [3.63, 3.8) is 0 Å². The van der Waals surface area contributed by atoms with Crippen molar-refractivity contribution in [1.82, 2.24) is 34.5 Å². The van der Waals surface area contributed by atoms with E-state index in [1.54, 1.807) is 11.3 Å². The Morgan fingerprint density at radius 3 is 1.19 bits per heavy atom. The molecule has 0 saturated heterocycles. The quantitative estimate of drug-likeness (QED) is 0.127. The molecule has 0 atom stereocenters. The lowest BCUT2D eigenvalue weighted by Gasteiger charge is -2.10. The molecule has 0 N–H and O–H groups in total. The van der Waals surface area contributed by atoms with Gasteiger partial charge in [0, 0.05) is 124 Å². The molecule has 0 spiro atoms. The van der Waals surface area contributed by atoms with Gasteiger partial charge in [-0.15, -0.1) is 11.3 Å². The normalized spacial score (nSPS) is 12.3. The van der Waals surface area contributed by atoms with Gasteiger partial charge in [-0.05, 0) is 143 Å². The summed E-state index contributed by atoms with van der Waals surface area (Å²) in [6.07, 6.45) is 0. The van der Waals surface area contributed by atoms with Gasteiger partial charge in [0.1, 0.15) is 61.4 Å². The van der Waals surface area contributed by atoms with Crippen LogP contribution in [0.1, 0.15) is 0 Å². The van der Waals surface area contributed by atoms with Crippen molar-refractivity contribution in [2.75, 3.05) is 0 Å². The second-order valence-corrected chi connectivity index (χ2v) is 34.3. The summed E-state index contributed by atoms with van der Waals surface area (Å²) in [5, 5.41) is 17.1. The van der Waals surface area contributed by atoms with Crippen molar-refractivity contribution in [2.45, 2.75) is 0 Å². The molecule has 0 aliphatic rings. The Balaban J connectivity index is 0.575. The molecule has 12 heterocycles. The SMILES string of the molecule is c1ccc(-c2ccc3c(c2)c2c(-c4nc(-c5cccc6c5oc5c(-c7ccc8c(c7)oc7nc(-c9cccc%10c9oc9ccccc9%10)nc(-c9cccc%10c9oc9cc(-c%11ccc%12c(c%11)oc%11nc(-c%13cccc%14c%13oc%13ccccc%13%14)nc(-c%13cccc%14c%13sc%13ccccc%13%14)c%11%12)ccc9%10)c78)cccc56)c5c(n4)oc4ccccc45)cccc2n3-c2ccccc2)cc1. The average Bonchev–Trinajstić information content (AvgIpc) is 1.71. The number of aromatic nitrogens is 7. The highest BCUT2D eigenvalue weighted by atomic mass is 32.1. The Morgan fingerprint density at radius 2 is 0.581 bits per heavy atom. The van der Waals surface area contributed by atoms with E-state index in [-0.39, 0.29) is 0 Å². The van der Waals surface area contributed by atoms with Crippen LogP contribution < -0.4 is 0 Å². The van der Waals surface area contributed by atoms with Gasteiger partial charge in [0.25, 0.3) is 0 Å². The summed E-state index contributed by atoms with van der Waals surface area (Å²) in [6, 6.07) is 124. The Hall–Kier alpha value is -17.4.